The molecule has 0 N–H and O–H groups in total. The maximum atomic E-state index is 11.6. The molecule has 0 aromatic carbocycles. The van der Waals surface area contributed by atoms with Gasteiger partial charge in [-0.2, -0.15) is 0 Å². The van der Waals surface area contributed by atoms with Gasteiger partial charge in [-0.05, 0) is 27.7 Å². The number of carbonyl (C=O) groups is 4. The van der Waals surface area contributed by atoms with Gasteiger partial charge >= 0.3 is 23.9 Å². The highest BCUT2D eigenvalue weighted by Gasteiger charge is 2.43. The van der Waals surface area contributed by atoms with E-state index in [1.807, 2.05) is 0 Å². The molecule has 0 saturated carbocycles. The fourth-order valence-corrected chi connectivity index (χ4v) is 2.49. The van der Waals surface area contributed by atoms with Crippen molar-refractivity contribution in [3.63, 3.8) is 0 Å². The van der Waals surface area contributed by atoms with Crippen molar-refractivity contribution in [2.75, 3.05) is 0 Å². The van der Waals surface area contributed by atoms with Gasteiger partial charge in [-0.3, -0.25) is 0 Å². The maximum absolute atomic E-state index is 11.6. The second-order valence-corrected chi connectivity index (χ2v) is 6.95. The van der Waals surface area contributed by atoms with Crippen molar-refractivity contribution in [2.45, 2.75) is 63.9 Å². The lowest BCUT2D eigenvalue weighted by Gasteiger charge is -2.14. The predicted octanol–water partition coefficient (Wildman–Crippen LogP) is 0.817. The Morgan fingerprint density at radius 2 is 1.21 bits per heavy atom. The molecule has 2 heterocycles. The Morgan fingerprint density at radius 3 is 1.46 bits per heavy atom. The lowest BCUT2D eigenvalue weighted by molar-refractivity contribution is -0.160. The molecule has 0 aliphatic carbocycles. The number of hydrogen-bond acceptors (Lipinski definition) is 8. The molecule has 8 heteroatoms. The van der Waals surface area contributed by atoms with Gasteiger partial charge in [0.15, 0.2) is 0 Å². The Hall–Kier alpha value is -2.38. The summed E-state index contributed by atoms with van der Waals surface area (Å²) in [6.07, 6.45) is 0.147. The Balaban J connectivity index is 1.82. The molecule has 0 amide bonds. The third-order valence-corrected chi connectivity index (χ3v) is 3.51. The zero-order valence-corrected chi connectivity index (χ0v) is 14.0. The lowest BCUT2D eigenvalue weighted by Crippen LogP contribution is -2.23. The molecule has 0 aromatic heterocycles. The number of cyclic esters (lactones) is 2. The standard InChI is InChI=1S/C16H20O8/c1-15(2)7-9(13(19)23-15)21-11(17)5-6-12(18)22-10-8-16(3,4)24-14(10)20/h5-6,9-10H,7-8H2,1-4H3. The van der Waals surface area contributed by atoms with Gasteiger partial charge in [0.05, 0.1) is 0 Å². The van der Waals surface area contributed by atoms with Crippen molar-refractivity contribution in [1.82, 2.24) is 0 Å². The van der Waals surface area contributed by atoms with Crippen LogP contribution in [-0.4, -0.2) is 47.3 Å². The molecule has 2 aliphatic heterocycles. The average molecular weight is 340 g/mol. The topological polar surface area (TPSA) is 105 Å². The Bertz CT molecular complexity index is 549. The van der Waals surface area contributed by atoms with Gasteiger partial charge in [0.2, 0.25) is 12.2 Å². The summed E-state index contributed by atoms with van der Waals surface area (Å²) >= 11 is 0. The molecule has 2 saturated heterocycles. The molecule has 0 aromatic rings. The quantitative estimate of drug-likeness (QED) is 0.421. The van der Waals surface area contributed by atoms with Gasteiger partial charge in [-0.15, -0.1) is 0 Å². The number of carbonyl (C=O) groups excluding carboxylic acids is 4. The van der Waals surface area contributed by atoms with E-state index < -0.39 is 47.3 Å². The van der Waals surface area contributed by atoms with Crippen LogP contribution in [-0.2, 0) is 38.1 Å². The van der Waals surface area contributed by atoms with Crippen LogP contribution >= 0.6 is 0 Å². The summed E-state index contributed by atoms with van der Waals surface area (Å²) in [7, 11) is 0. The molecule has 2 fully saturated rings. The van der Waals surface area contributed by atoms with Crippen molar-refractivity contribution in [3.05, 3.63) is 12.2 Å². The van der Waals surface area contributed by atoms with Crippen molar-refractivity contribution in [1.29, 1.82) is 0 Å². The number of hydrogen-bond donors (Lipinski definition) is 0. The molecule has 0 radical (unpaired) electrons. The summed E-state index contributed by atoms with van der Waals surface area (Å²) in [5.74, 6) is -3.00. The van der Waals surface area contributed by atoms with Gasteiger partial charge in [0, 0.05) is 25.0 Å². The maximum Gasteiger partial charge on any atom is 0.348 e. The van der Waals surface area contributed by atoms with Crippen LogP contribution in [0, 0.1) is 0 Å². The van der Waals surface area contributed by atoms with Crippen LogP contribution in [0.25, 0.3) is 0 Å². The van der Waals surface area contributed by atoms with Crippen LogP contribution in [0.4, 0.5) is 0 Å². The van der Waals surface area contributed by atoms with E-state index in [4.69, 9.17) is 18.9 Å². The van der Waals surface area contributed by atoms with E-state index in [1.165, 1.54) is 0 Å². The smallest absolute Gasteiger partial charge is 0.348 e. The lowest BCUT2D eigenvalue weighted by atomic mass is 10.0. The summed E-state index contributed by atoms with van der Waals surface area (Å²) < 4.78 is 19.9. The van der Waals surface area contributed by atoms with Gasteiger partial charge in [-0.25, -0.2) is 19.2 Å². The molecule has 0 bridgehead atoms. The summed E-state index contributed by atoms with van der Waals surface area (Å²) in [6.45, 7) is 6.81. The van der Waals surface area contributed by atoms with Crippen LogP contribution in [0.1, 0.15) is 40.5 Å². The van der Waals surface area contributed by atoms with E-state index >= 15 is 0 Å². The minimum absolute atomic E-state index is 0.235. The SMILES string of the molecule is CC1(C)CC(OC(=O)C=CC(=O)OC2CC(C)(C)OC2=O)C(=O)O1. The average Bonchev–Trinajstić information content (AvgIpc) is 2.81. The van der Waals surface area contributed by atoms with Gasteiger partial charge in [-0.1, -0.05) is 0 Å². The molecular weight excluding hydrogens is 320 g/mol. The van der Waals surface area contributed by atoms with Crippen molar-refractivity contribution < 1.29 is 38.1 Å². The highest BCUT2D eigenvalue weighted by Crippen LogP contribution is 2.28. The summed E-state index contributed by atoms with van der Waals surface area (Å²) in [6, 6.07) is 0. The second kappa shape index (κ2) is 6.26. The van der Waals surface area contributed by atoms with Crippen molar-refractivity contribution >= 4 is 23.9 Å². The summed E-state index contributed by atoms with van der Waals surface area (Å²) in [5.41, 5.74) is -1.39. The molecule has 2 rings (SSSR count). The molecule has 2 unspecified atom stereocenters. The van der Waals surface area contributed by atoms with Crippen molar-refractivity contribution in [3.8, 4) is 0 Å². The Labute approximate surface area is 139 Å². The fourth-order valence-electron chi connectivity index (χ4n) is 2.49. The minimum atomic E-state index is -1.00. The molecule has 24 heavy (non-hydrogen) atoms. The van der Waals surface area contributed by atoms with E-state index in [-0.39, 0.29) is 12.8 Å². The second-order valence-electron chi connectivity index (χ2n) is 6.95. The highest BCUT2D eigenvalue weighted by molar-refractivity contribution is 5.94. The number of esters is 4. The van der Waals surface area contributed by atoms with Gasteiger partial charge in [0.25, 0.3) is 0 Å². The van der Waals surface area contributed by atoms with Gasteiger partial charge in [0.1, 0.15) is 11.2 Å². The Kier molecular flexibility index (Phi) is 4.68. The predicted molar refractivity (Wildman–Crippen MR) is 78.5 cm³/mol. The normalized spacial score (nSPS) is 27.7. The van der Waals surface area contributed by atoms with Crippen LogP contribution in [0.3, 0.4) is 0 Å². The molecular formula is C16H20O8. The zero-order valence-electron chi connectivity index (χ0n) is 14.0. The van der Waals surface area contributed by atoms with E-state index in [1.54, 1.807) is 27.7 Å². The molecule has 2 atom stereocenters. The fraction of sp³-hybridized carbons (Fsp3) is 0.625. The summed E-state index contributed by atoms with van der Waals surface area (Å²) in [5, 5.41) is 0. The molecule has 132 valence electrons. The first kappa shape index (κ1) is 18.0. The largest absolute Gasteiger partial charge is 0.457 e. The monoisotopic (exact) mass is 340 g/mol. The van der Waals surface area contributed by atoms with E-state index in [2.05, 4.69) is 0 Å². The molecule has 8 nitrogen and oxygen atoms in total. The highest BCUT2D eigenvalue weighted by atomic mass is 16.6. The Morgan fingerprint density at radius 1 is 0.875 bits per heavy atom. The minimum Gasteiger partial charge on any atom is -0.457 e. The van der Waals surface area contributed by atoms with E-state index in [0.717, 1.165) is 12.2 Å². The third kappa shape index (κ3) is 4.56. The van der Waals surface area contributed by atoms with Gasteiger partial charge < -0.3 is 18.9 Å². The first-order valence-corrected chi connectivity index (χ1v) is 7.52. The first-order valence-electron chi connectivity index (χ1n) is 7.52. The number of rotatable bonds is 4. The first-order chi connectivity index (χ1) is 11.0. The van der Waals surface area contributed by atoms with E-state index in [0.29, 0.717) is 0 Å². The van der Waals surface area contributed by atoms with Crippen LogP contribution < -0.4 is 0 Å². The van der Waals surface area contributed by atoms with Crippen molar-refractivity contribution in [2.24, 2.45) is 0 Å². The molecule has 2 aliphatic rings. The number of ether oxygens (including phenoxy) is 4. The molecule has 0 spiro atoms. The van der Waals surface area contributed by atoms with Crippen LogP contribution in [0.2, 0.25) is 0 Å². The summed E-state index contributed by atoms with van der Waals surface area (Å²) in [4.78, 5) is 46.3. The van der Waals surface area contributed by atoms with Crippen LogP contribution in [0.5, 0.6) is 0 Å². The zero-order chi connectivity index (χ0) is 18.1. The van der Waals surface area contributed by atoms with Crippen LogP contribution in [0.15, 0.2) is 12.2 Å². The van der Waals surface area contributed by atoms with E-state index in [9.17, 15) is 19.2 Å². The third-order valence-electron chi connectivity index (χ3n) is 3.51.